The van der Waals surface area contributed by atoms with Gasteiger partial charge < -0.3 is 10.1 Å². The van der Waals surface area contributed by atoms with E-state index >= 15 is 0 Å². The van der Waals surface area contributed by atoms with Crippen LogP contribution in [0.1, 0.15) is 30.0 Å². The monoisotopic (exact) mass is 424 g/mol. The van der Waals surface area contributed by atoms with Gasteiger partial charge in [0.1, 0.15) is 18.2 Å². The van der Waals surface area contributed by atoms with Crippen LogP contribution >= 0.6 is 0 Å². The Bertz CT molecular complexity index is 880. The van der Waals surface area contributed by atoms with E-state index in [9.17, 15) is 22.4 Å². The highest BCUT2D eigenvalue weighted by Gasteiger charge is 2.32. The summed E-state index contributed by atoms with van der Waals surface area (Å²) in [6.07, 6.45) is -3.54. The average Bonchev–Trinajstić information content (AvgIpc) is 2.67. The van der Waals surface area contributed by atoms with Gasteiger partial charge in [-0.3, -0.25) is 9.69 Å². The van der Waals surface area contributed by atoms with Gasteiger partial charge in [0.05, 0.1) is 11.5 Å². The maximum atomic E-state index is 14.4. The zero-order valence-electron chi connectivity index (χ0n) is 16.6. The number of likely N-dealkylation sites (tertiary alicyclic amines) is 1. The summed E-state index contributed by atoms with van der Waals surface area (Å²) in [7, 11) is 0. The van der Waals surface area contributed by atoms with Crippen LogP contribution in [0.15, 0.2) is 42.5 Å². The molecule has 1 N–H and O–H groups in total. The quantitative estimate of drug-likeness (QED) is 0.640. The smallest absolute Gasteiger partial charge is 0.416 e. The first kappa shape index (κ1) is 22.1. The molecule has 0 atom stereocenters. The molecule has 1 amide bonds. The Morgan fingerprint density at radius 3 is 2.63 bits per heavy atom. The lowest BCUT2D eigenvalue weighted by Gasteiger charge is -2.38. The molecule has 3 rings (SSSR count). The van der Waals surface area contributed by atoms with Crippen molar-refractivity contribution < 1.29 is 27.1 Å². The highest BCUT2D eigenvalue weighted by Crippen LogP contribution is 2.30. The Balaban J connectivity index is 1.51. The van der Waals surface area contributed by atoms with Gasteiger partial charge in [0.25, 0.3) is 0 Å². The Hall–Kier alpha value is -2.61. The van der Waals surface area contributed by atoms with Gasteiger partial charge in [-0.15, -0.1) is 0 Å². The van der Waals surface area contributed by atoms with Crippen LogP contribution in [-0.2, 0) is 24.1 Å². The van der Waals surface area contributed by atoms with Crippen molar-refractivity contribution in [3.63, 3.8) is 0 Å². The van der Waals surface area contributed by atoms with E-state index in [1.165, 1.54) is 18.2 Å². The molecule has 162 valence electrons. The fourth-order valence-electron chi connectivity index (χ4n) is 3.25. The molecule has 4 nitrogen and oxygen atoms in total. The van der Waals surface area contributed by atoms with Crippen LogP contribution in [0, 0.1) is 11.7 Å². The van der Waals surface area contributed by atoms with Gasteiger partial charge in [-0.25, -0.2) is 4.39 Å². The summed E-state index contributed by atoms with van der Waals surface area (Å²) < 4.78 is 58.2. The second-order valence-corrected chi connectivity index (χ2v) is 7.42. The van der Waals surface area contributed by atoms with Gasteiger partial charge in [0, 0.05) is 37.8 Å². The standard InChI is InChI=1S/C22H24F4N2O2/c1-2-8-27-21(29)17-12-28(13-17)11-16-6-7-19(10-20(16)23)30-14-15-4-3-5-18(9-15)22(24,25)26/h3-7,9-10,17H,2,8,11-14H2,1H3,(H,27,29). The number of amides is 1. The van der Waals surface area contributed by atoms with Crippen molar-refractivity contribution in [3.05, 3.63) is 65.0 Å². The normalized spacial score (nSPS) is 15.0. The maximum absolute atomic E-state index is 14.4. The number of nitrogens with zero attached hydrogens (tertiary/aromatic N) is 1. The van der Waals surface area contributed by atoms with Crippen molar-refractivity contribution in [3.8, 4) is 5.75 Å². The molecule has 1 saturated heterocycles. The number of halogens is 4. The molecule has 0 radical (unpaired) electrons. The van der Waals surface area contributed by atoms with Crippen molar-refractivity contribution in [1.82, 2.24) is 10.2 Å². The van der Waals surface area contributed by atoms with Gasteiger partial charge in [0.15, 0.2) is 0 Å². The van der Waals surface area contributed by atoms with Crippen LogP contribution in [0.3, 0.4) is 0 Å². The molecule has 1 fully saturated rings. The molecule has 2 aromatic carbocycles. The summed E-state index contributed by atoms with van der Waals surface area (Å²) in [5.41, 5.74) is 0.0810. The van der Waals surface area contributed by atoms with Crippen molar-refractivity contribution in [2.45, 2.75) is 32.7 Å². The minimum atomic E-state index is -4.42. The third kappa shape index (κ3) is 5.72. The third-order valence-corrected chi connectivity index (χ3v) is 4.96. The van der Waals surface area contributed by atoms with Crippen LogP contribution in [0.25, 0.3) is 0 Å². The molecule has 0 unspecified atom stereocenters. The molecule has 1 aliphatic heterocycles. The zero-order chi connectivity index (χ0) is 21.7. The van der Waals surface area contributed by atoms with Crippen LogP contribution in [0.5, 0.6) is 5.75 Å². The highest BCUT2D eigenvalue weighted by atomic mass is 19.4. The number of alkyl halides is 3. The summed E-state index contributed by atoms with van der Waals surface area (Å²) >= 11 is 0. The fraction of sp³-hybridized carbons (Fsp3) is 0.409. The molecule has 0 spiro atoms. The number of hydrogen-bond donors (Lipinski definition) is 1. The van der Waals surface area contributed by atoms with E-state index in [2.05, 4.69) is 5.32 Å². The summed E-state index contributed by atoms with van der Waals surface area (Å²) in [5.74, 6) is -0.230. The number of hydrogen-bond acceptors (Lipinski definition) is 3. The number of carbonyl (C=O) groups excluding carboxylic acids is 1. The maximum Gasteiger partial charge on any atom is 0.416 e. The van der Waals surface area contributed by atoms with Crippen molar-refractivity contribution in [1.29, 1.82) is 0 Å². The van der Waals surface area contributed by atoms with Crippen LogP contribution in [0.2, 0.25) is 0 Å². The van der Waals surface area contributed by atoms with E-state index in [4.69, 9.17) is 4.74 Å². The number of rotatable bonds is 8. The molecule has 0 bridgehead atoms. The number of nitrogens with one attached hydrogen (secondary N) is 1. The van der Waals surface area contributed by atoms with E-state index < -0.39 is 17.6 Å². The largest absolute Gasteiger partial charge is 0.489 e. The van der Waals surface area contributed by atoms with Gasteiger partial charge in [-0.1, -0.05) is 25.1 Å². The predicted octanol–water partition coefficient (Wildman–Crippen LogP) is 4.38. The van der Waals surface area contributed by atoms with Crippen LogP contribution in [-0.4, -0.2) is 30.4 Å². The van der Waals surface area contributed by atoms with Gasteiger partial charge in [-0.05, 0) is 30.2 Å². The Labute approximate surface area is 172 Å². The minimum absolute atomic E-state index is 0.0342. The zero-order valence-corrected chi connectivity index (χ0v) is 16.6. The Morgan fingerprint density at radius 2 is 1.97 bits per heavy atom. The third-order valence-electron chi connectivity index (χ3n) is 4.96. The topological polar surface area (TPSA) is 41.6 Å². The van der Waals surface area contributed by atoms with Crippen molar-refractivity contribution >= 4 is 5.91 Å². The Kier molecular flexibility index (Phi) is 6.97. The van der Waals surface area contributed by atoms with E-state index in [1.54, 1.807) is 12.1 Å². The molecular formula is C22H24F4N2O2. The summed E-state index contributed by atoms with van der Waals surface area (Å²) in [4.78, 5) is 13.9. The molecule has 30 heavy (non-hydrogen) atoms. The molecule has 1 aliphatic rings. The molecule has 1 heterocycles. The van der Waals surface area contributed by atoms with E-state index in [0.717, 1.165) is 18.6 Å². The lowest BCUT2D eigenvalue weighted by Crippen LogP contribution is -2.53. The minimum Gasteiger partial charge on any atom is -0.489 e. The van der Waals surface area contributed by atoms with Gasteiger partial charge in [-0.2, -0.15) is 13.2 Å². The summed E-state index contributed by atoms with van der Waals surface area (Å²) in [5, 5.41) is 2.86. The van der Waals surface area contributed by atoms with Crippen molar-refractivity contribution in [2.75, 3.05) is 19.6 Å². The van der Waals surface area contributed by atoms with E-state index in [1.807, 2.05) is 11.8 Å². The van der Waals surface area contributed by atoms with Crippen molar-refractivity contribution in [2.24, 2.45) is 5.92 Å². The molecule has 0 saturated carbocycles. The SMILES string of the molecule is CCCNC(=O)C1CN(Cc2ccc(OCc3cccc(C(F)(F)F)c3)cc2F)C1. The Morgan fingerprint density at radius 1 is 1.20 bits per heavy atom. The first-order chi connectivity index (χ1) is 14.3. The lowest BCUT2D eigenvalue weighted by atomic mass is 9.98. The molecule has 0 aliphatic carbocycles. The first-order valence-corrected chi connectivity index (χ1v) is 9.83. The summed E-state index contributed by atoms with van der Waals surface area (Å²) in [6, 6.07) is 9.27. The molecule has 0 aromatic heterocycles. The van der Waals surface area contributed by atoms with E-state index in [0.29, 0.717) is 37.3 Å². The summed E-state index contributed by atoms with van der Waals surface area (Å²) in [6.45, 7) is 4.11. The fourth-order valence-corrected chi connectivity index (χ4v) is 3.25. The van der Waals surface area contributed by atoms with Crippen LogP contribution in [0.4, 0.5) is 17.6 Å². The predicted molar refractivity (Wildman–Crippen MR) is 104 cm³/mol. The number of benzene rings is 2. The van der Waals surface area contributed by atoms with Gasteiger partial charge in [0.2, 0.25) is 5.91 Å². The number of carbonyl (C=O) groups is 1. The van der Waals surface area contributed by atoms with Crippen LogP contribution < -0.4 is 10.1 Å². The molecule has 2 aromatic rings. The average molecular weight is 424 g/mol. The second kappa shape index (κ2) is 9.47. The van der Waals surface area contributed by atoms with Gasteiger partial charge >= 0.3 is 6.18 Å². The van der Waals surface area contributed by atoms with E-state index in [-0.39, 0.29) is 24.2 Å². The first-order valence-electron chi connectivity index (χ1n) is 9.83. The molecular weight excluding hydrogens is 400 g/mol. The lowest BCUT2D eigenvalue weighted by molar-refractivity contribution is -0.137. The molecule has 8 heteroatoms. The number of ether oxygens (including phenoxy) is 1. The highest BCUT2D eigenvalue weighted by molar-refractivity contribution is 5.79. The second-order valence-electron chi connectivity index (χ2n) is 7.42.